The fraction of sp³-hybridized carbons (Fsp3) is 0.471. The Morgan fingerprint density at radius 1 is 1.05 bits per heavy atom. The molecule has 0 heterocycles. The number of hydrogen-bond acceptors (Lipinski definition) is 0. The first-order chi connectivity index (χ1) is 8.84. The van der Waals surface area contributed by atoms with Crippen molar-refractivity contribution in [3.63, 3.8) is 0 Å². The molecule has 0 nitrogen and oxygen atoms in total. The van der Waals surface area contributed by atoms with Gasteiger partial charge in [0.05, 0.1) is 0 Å². The van der Waals surface area contributed by atoms with Crippen LogP contribution in [0.25, 0.3) is 0 Å². The molecular weight excluding hydrogens is 366 g/mol. The van der Waals surface area contributed by atoms with Crippen LogP contribution in [-0.2, 0) is 24.2 Å². The van der Waals surface area contributed by atoms with Crippen LogP contribution in [0.15, 0.2) is 41.5 Å². The molecule has 3 aliphatic carbocycles. The molecule has 0 atom stereocenters. The van der Waals surface area contributed by atoms with Gasteiger partial charge in [0, 0.05) is 0 Å². The fourth-order valence-electron chi connectivity index (χ4n) is 2.42. The van der Waals surface area contributed by atoms with E-state index < -0.39 is 0 Å². The van der Waals surface area contributed by atoms with E-state index in [1.165, 1.54) is 43.3 Å². The third-order valence-corrected chi connectivity index (χ3v) is 4.72. The average molecular weight is 390 g/mol. The van der Waals surface area contributed by atoms with Crippen molar-refractivity contribution < 1.29 is 24.2 Å². The van der Waals surface area contributed by atoms with E-state index in [0.29, 0.717) is 0 Å². The Balaban J connectivity index is 0.000000356. The van der Waals surface area contributed by atoms with Gasteiger partial charge in [0.25, 0.3) is 0 Å². The van der Waals surface area contributed by atoms with Crippen molar-refractivity contribution in [3.8, 4) is 0 Å². The zero-order valence-corrected chi connectivity index (χ0v) is 16.0. The molecular formula is C17H23Cl2Zr-. The first-order valence-electron chi connectivity index (χ1n) is 7.02. The van der Waals surface area contributed by atoms with Gasteiger partial charge in [0.2, 0.25) is 0 Å². The molecule has 0 amide bonds. The summed E-state index contributed by atoms with van der Waals surface area (Å²) < 4.78 is 1.80. The molecule has 0 aromatic carbocycles. The van der Waals surface area contributed by atoms with Gasteiger partial charge >= 0.3 is 59.5 Å². The van der Waals surface area contributed by atoms with Crippen molar-refractivity contribution in [1.29, 1.82) is 0 Å². The molecule has 1 fully saturated rings. The first-order valence-corrected chi connectivity index (χ1v) is 8.24. The summed E-state index contributed by atoms with van der Waals surface area (Å²) in [7, 11) is 0. The number of allylic oxidation sites excluding steroid dienone is 8. The molecule has 0 spiro atoms. The Hall–Kier alpha value is 0.293. The average Bonchev–Trinajstić information content (AvgIpc) is 3.05. The molecule has 3 aliphatic rings. The van der Waals surface area contributed by atoms with Crippen LogP contribution in [0.5, 0.6) is 0 Å². The quantitative estimate of drug-likeness (QED) is 0.550. The predicted octanol–water partition coefficient (Wildman–Crippen LogP) is 5.47. The van der Waals surface area contributed by atoms with Gasteiger partial charge in [0.1, 0.15) is 0 Å². The summed E-state index contributed by atoms with van der Waals surface area (Å²) in [5.74, 6) is 0. The van der Waals surface area contributed by atoms with E-state index in [4.69, 9.17) is 0 Å². The van der Waals surface area contributed by atoms with E-state index in [2.05, 4.69) is 36.5 Å². The van der Waals surface area contributed by atoms with Crippen molar-refractivity contribution in [3.05, 3.63) is 47.6 Å². The van der Waals surface area contributed by atoms with E-state index in [1.54, 1.807) is 27.4 Å². The molecule has 0 unspecified atom stereocenters. The van der Waals surface area contributed by atoms with E-state index in [0.717, 1.165) is 19.3 Å². The third-order valence-electron chi connectivity index (χ3n) is 3.49. The Morgan fingerprint density at radius 2 is 1.80 bits per heavy atom. The maximum atomic E-state index is 3.32. The molecule has 3 rings (SSSR count). The maximum absolute atomic E-state index is 3.32. The van der Waals surface area contributed by atoms with Gasteiger partial charge < -0.3 is 0 Å². The Morgan fingerprint density at radius 3 is 2.25 bits per heavy atom. The van der Waals surface area contributed by atoms with Crippen LogP contribution in [0.3, 0.4) is 0 Å². The molecule has 1 saturated carbocycles. The first kappa shape index (κ1) is 20.3. The van der Waals surface area contributed by atoms with Crippen LogP contribution in [0.4, 0.5) is 0 Å². The molecule has 0 aromatic rings. The van der Waals surface area contributed by atoms with Gasteiger partial charge in [-0.1, -0.05) is 23.8 Å². The Bertz CT molecular complexity index is 409. The van der Waals surface area contributed by atoms with Gasteiger partial charge in [0.15, 0.2) is 0 Å². The number of rotatable bonds is 2. The summed E-state index contributed by atoms with van der Waals surface area (Å²) in [4.78, 5) is 0. The monoisotopic (exact) mass is 387 g/mol. The van der Waals surface area contributed by atoms with Gasteiger partial charge in [-0.2, -0.15) is 6.08 Å². The second-order valence-corrected chi connectivity index (χ2v) is 6.84. The third kappa shape index (κ3) is 7.91. The minimum absolute atomic E-state index is 0. The van der Waals surface area contributed by atoms with Crippen molar-refractivity contribution in [2.45, 2.75) is 51.4 Å². The Labute approximate surface area is 150 Å². The predicted molar refractivity (Wildman–Crippen MR) is 89.6 cm³/mol. The van der Waals surface area contributed by atoms with Crippen LogP contribution >= 0.6 is 24.8 Å². The Kier molecular flexibility index (Phi) is 12.1. The summed E-state index contributed by atoms with van der Waals surface area (Å²) >= 11 is 1.69. The summed E-state index contributed by atoms with van der Waals surface area (Å²) in [6, 6.07) is 0. The summed E-state index contributed by atoms with van der Waals surface area (Å²) in [5, 5.41) is 0. The van der Waals surface area contributed by atoms with Crippen LogP contribution in [-0.4, -0.2) is 3.21 Å². The minimum atomic E-state index is 0. The number of hydrogen-bond donors (Lipinski definition) is 0. The standard InChI is InChI=1S/C11H11.C6H10.2ClH.Zr/c1-2-6-10(5-1)9-11-7-3-4-8-11;1-2-4-6-5-3-1;;;/h1-3,5,7H,4,6,9H2;1-5H2;2*1H;/q-1;;;;. The van der Waals surface area contributed by atoms with Crippen LogP contribution in [0.2, 0.25) is 0 Å². The topological polar surface area (TPSA) is 0 Å². The molecule has 3 heteroatoms. The van der Waals surface area contributed by atoms with Gasteiger partial charge in [-0.05, 0) is 12.8 Å². The van der Waals surface area contributed by atoms with Crippen LogP contribution < -0.4 is 0 Å². The molecule has 0 aromatic heterocycles. The van der Waals surface area contributed by atoms with Crippen molar-refractivity contribution >= 4 is 28.0 Å². The van der Waals surface area contributed by atoms with Crippen molar-refractivity contribution in [2.75, 3.05) is 0 Å². The SMILES string of the molecule is Cl.Cl.[C-]1=C(CC2=CC=CC2)C=CC1.[Zr]=[C]1CCCCC1. The summed E-state index contributed by atoms with van der Waals surface area (Å²) in [6.07, 6.45) is 24.8. The van der Waals surface area contributed by atoms with E-state index >= 15 is 0 Å². The van der Waals surface area contributed by atoms with Crippen molar-refractivity contribution in [2.24, 2.45) is 0 Å². The second-order valence-electron chi connectivity index (χ2n) is 5.11. The van der Waals surface area contributed by atoms with Crippen molar-refractivity contribution in [1.82, 2.24) is 0 Å². The van der Waals surface area contributed by atoms with Crippen LogP contribution in [0.1, 0.15) is 51.4 Å². The molecule has 0 aliphatic heterocycles. The summed E-state index contributed by atoms with van der Waals surface area (Å²) in [6.45, 7) is 0. The van der Waals surface area contributed by atoms with E-state index in [9.17, 15) is 0 Å². The molecule has 110 valence electrons. The molecule has 20 heavy (non-hydrogen) atoms. The zero-order chi connectivity index (χ0) is 12.6. The van der Waals surface area contributed by atoms with Gasteiger partial charge in [-0.25, -0.2) is 11.6 Å². The summed E-state index contributed by atoms with van der Waals surface area (Å²) in [5.41, 5.74) is 2.87. The normalized spacial score (nSPS) is 19.2. The van der Waals surface area contributed by atoms with Gasteiger partial charge in [-0.15, -0.1) is 31.2 Å². The molecule has 0 saturated heterocycles. The van der Waals surface area contributed by atoms with E-state index in [-0.39, 0.29) is 24.8 Å². The van der Waals surface area contributed by atoms with E-state index in [1.807, 2.05) is 0 Å². The second kappa shape index (κ2) is 11.9. The van der Waals surface area contributed by atoms with Crippen LogP contribution in [0, 0.1) is 6.08 Å². The fourth-order valence-corrected chi connectivity index (χ4v) is 3.29. The van der Waals surface area contributed by atoms with Gasteiger partial charge in [-0.3, -0.25) is 6.08 Å². The number of halogens is 2. The molecule has 0 bridgehead atoms. The zero-order valence-electron chi connectivity index (χ0n) is 11.9. The molecule has 0 N–H and O–H groups in total. The molecule has 0 radical (unpaired) electrons.